The summed E-state index contributed by atoms with van der Waals surface area (Å²) in [7, 11) is 3.72. The lowest BCUT2D eigenvalue weighted by atomic mass is 10.1. The van der Waals surface area contributed by atoms with Gasteiger partial charge in [0, 0.05) is 18.5 Å². The Morgan fingerprint density at radius 2 is 1.95 bits per heavy atom. The SMILES string of the molecule is CNCc1sc(C(OC)c2ccccc2)nc1CC(C)C. The zero-order valence-electron chi connectivity index (χ0n) is 13.2. The maximum atomic E-state index is 5.70. The van der Waals surface area contributed by atoms with E-state index >= 15 is 0 Å². The van der Waals surface area contributed by atoms with Crippen LogP contribution in [0.5, 0.6) is 0 Å². The molecule has 0 amide bonds. The van der Waals surface area contributed by atoms with Crippen LogP contribution in [-0.2, 0) is 17.7 Å². The Bertz CT molecular complexity index is 551. The van der Waals surface area contributed by atoms with Gasteiger partial charge < -0.3 is 10.1 Å². The van der Waals surface area contributed by atoms with E-state index in [4.69, 9.17) is 9.72 Å². The van der Waals surface area contributed by atoms with Crippen LogP contribution in [0, 0.1) is 5.92 Å². The van der Waals surface area contributed by atoms with Crippen LogP contribution >= 0.6 is 11.3 Å². The number of hydrogen-bond acceptors (Lipinski definition) is 4. The van der Waals surface area contributed by atoms with Crippen molar-refractivity contribution < 1.29 is 4.74 Å². The first kappa shape index (κ1) is 16.1. The minimum atomic E-state index is -0.0762. The molecule has 1 N–H and O–H groups in total. The molecule has 114 valence electrons. The van der Waals surface area contributed by atoms with E-state index in [-0.39, 0.29) is 6.10 Å². The molecule has 0 fully saturated rings. The third-order valence-electron chi connectivity index (χ3n) is 3.30. The predicted octanol–water partition coefficient (Wildman–Crippen LogP) is 3.80. The molecular weight excluding hydrogens is 280 g/mol. The second kappa shape index (κ2) is 7.69. The van der Waals surface area contributed by atoms with Crippen molar-refractivity contribution in [3.8, 4) is 0 Å². The van der Waals surface area contributed by atoms with Crippen LogP contribution < -0.4 is 5.32 Å². The zero-order valence-corrected chi connectivity index (χ0v) is 14.0. The summed E-state index contributed by atoms with van der Waals surface area (Å²) in [4.78, 5) is 6.19. The highest BCUT2D eigenvalue weighted by atomic mass is 32.1. The van der Waals surface area contributed by atoms with E-state index in [1.165, 1.54) is 10.6 Å². The minimum absolute atomic E-state index is 0.0762. The Morgan fingerprint density at radius 1 is 1.24 bits per heavy atom. The first-order valence-electron chi connectivity index (χ1n) is 7.36. The van der Waals surface area contributed by atoms with Crippen molar-refractivity contribution in [2.24, 2.45) is 5.92 Å². The Kier molecular flexibility index (Phi) is 5.91. The second-order valence-corrected chi connectivity index (χ2v) is 6.69. The number of aromatic nitrogens is 1. The van der Waals surface area contributed by atoms with Gasteiger partial charge >= 0.3 is 0 Å². The Labute approximate surface area is 131 Å². The molecule has 0 saturated carbocycles. The van der Waals surface area contributed by atoms with Gasteiger partial charge in [-0.15, -0.1) is 11.3 Å². The van der Waals surface area contributed by atoms with Crippen molar-refractivity contribution in [1.29, 1.82) is 0 Å². The van der Waals surface area contributed by atoms with Gasteiger partial charge in [-0.3, -0.25) is 0 Å². The normalized spacial score (nSPS) is 12.8. The largest absolute Gasteiger partial charge is 0.370 e. The number of nitrogens with one attached hydrogen (secondary N) is 1. The highest BCUT2D eigenvalue weighted by molar-refractivity contribution is 7.11. The van der Waals surface area contributed by atoms with E-state index in [0.29, 0.717) is 5.92 Å². The quantitative estimate of drug-likeness (QED) is 0.845. The van der Waals surface area contributed by atoms with Gasteiger partial charge in [0.05, 0.1) is 5.69 Å². The highest BCUT2D eigenvalue weighted by Crippen LogP contribution is 2.31. The fourth-order valence-corrected chi connectivity index (χ4v) is 3.58. The van der Waals surface area contributed by atoms with Gasteiger partial charge in [-0.25, -0.2) is 4.98 Å². The average molecular weight is 304 g/mol. The molecule has 0 aliphatic heterocycles. The molecule has 1 aromatic carbocycles. The number of methoxy groups -OCH3 is 1. The van der Waals surface area contributed by atoms with E-state index in [0.717, 1.165) is 23.5 Å². The maximum Gasteiger partial charge on any atom is 0.134 e. The average Bonchev–Trinajstić information content (AvgIpc) is 2.83. The van der Waals surface area contributed by atoms with Crippen molar-refractivity contribution in [1.82, 2.24) is 10.3 Å². The molecule has 0 saturated heterocycles. The molecule has 1 atom stereocenters. The smallest absolute Gasteiger partial charge is 0.134 e. The Hall–Kier alpha value is -1.23. The van der Waals surface area contributed by atoms with E-state index in [9.17, 15) is 0 Å². The van der Waals surface area contributed by atoms with Crippen LogP contribution in [0.3, 0.4) is 0 Å². The number of hydrogen-bond donors (Lipinski definition) is 1. The summed E-state index contributed by atoms with van der Waals surface area (Å²) in [6, 6.07) is 10.3. The molecule has 0 aliphatic rings. The number of ether oxygens (including phenoxy) is 1. The van der Waals surface area contributed by atoms with E-state index < -0.39 is 0 Å². The summed E-state index contributed by atoms with van der Waals surface area (Å²) in [5, 5.41) is 4.28. The van der Waals surface area contributed by atoms with E-state index in [2.05, 4.69) is 31.3 Å². The first-order valence-corrected chi connectivity index (χ1v) is 8.18. The molecule has 0 radical (unpaired) electrons. The third-order valence-corrected chi connectivity index (χ3v) is 4.44. The minimum Gasteiger partial charge on any atom is -0.370 e. The predicted molar refractivity (Wildman–Crippen MR) is 88.7 cm³/mol. The highest BCUT2D eigenvalue weighted by Gasteiger charge is 2.20. The summed E-state index contributed by atoms with van der Waals surface area (Å²) in [5.74, 6) is 0.605. The second-order valence-electron chi connectivity index (χ2n) is 5.58. The molecule has 0 aliphatic carbocycles. The molecule has 1 aromatic heterocycles. The third kappa shape index (κ3) is 4.13. The molecular formula is C17H24N2OS. The molecule has 2 aromatic rings. The Balaban J connectivity index is 2.33. The summed E-state index contributed by atoms with van der Waals surface area (Å²) in [5.41, 5.74) is 2.36. The summed E-state index contributed by atoms with van der Waals surface area (Å²) < 4.78 is 5.70. The molecule has 2 rings (SSSR count). The van der Waals surface area contributed by atoms with Gasteiger partial charge in [-0.1, -0.05) is 44.2 Å². The van der Waals surface area contributed by atoms with Crippen molar-refractivity contribution in [3.05, 3.63) is 51.5 Å². The summed E-state index contributed by atoms with van der Waals surface area (Å²) in [6.45, 7) is 5.32. The maximum absolute atomic E-state index is 5.70. The lowest BCUT2D eigenvalue weighted by Gasteiger charge is -2.12. The number of rotatable bonds is 7. The van der Waals surface area contributed by atoms with Gasteiger partial charge in [-0.2, -0.15) is 0 Å². The number of benzene rings is 1. The number of thiazole rings is 1. The van der Waals surface area contributed by atoms with Crippen LogP contribution in [0.2, 0.25) is 0 Å². The molecule has 0 bridgehead atoms. The van der Waals surface area contributed by atoms with Crippen molar-refractivity contribution >= 4 is 11.3 Å². The van der Waals surface area contributed by atoms with Gasteiger partial charge in [0.25, 0.3) is 0 Å². The number of nitrogens with zero attached hydrogens (tertiary/aromatic N) is 1. The van der Waals surface area contributed by atoms with Crippen molar-refractivity contribution in [3.63, 3.8) is 0 Å². The van der Waals surface area contributed by atoms with Gasteiger partial charge in [0.15, 0.2) is 0 Å². The van der Waals surface area contributed by atoms with Crippen LogP contribution in [-0.4, -0.2) is 19.1 Å². The lowest BCUT2D eigenvalue weighted by Crippen LogP contribution is -2.07. The molecule has 4 heteroatoms. The van der Waals surface area contributed by atoms with Gasteiger partial charge in [0.2, 0.25) is 0 Å². The van der Waals surface area contributed by atoms with Crippen molar-refractivity contribution in [2.45, 2.75) is 32.9 Å². The van der Waals surface area contributed by atoms with Crippen LogP contribution in [0.25, 0.3) is 0 Å². The summed E-state index contributed by atoms with van der Waals surface area (Å²) in [6.07, 6.45) is 0.936. The zero-order chi connectivity index (χ0) is 15.2. The first-order chi connectivity index (χ1) is 10.2. The van der Waals surface area contributed by atoms with E-state index in [1.807, 2.05) is 25.2 Å². The fraction of sp³-hybridized carbons (Fsp3) is 0.471. The standard InChI is InChI=1S/C17H24N2OS/c1-12(2)10-14-15(11-18-3)21-17(19-14)16(20-4)13-8-6-5-7-9-13/h5-9,12,16,18H,10-11H2,1-4H3. The van der Waals surface area contributed by atoms with Gasteiger partial charge in [0.1, 0.15) is 11.1 Å². The molecule has 21 heavy (non-hydrogen) atoms. The van der Waals surface area contributed by atoms with Gasteiger partial charge in [-0.05, 0) is 24.9 Å². The lowest BCUT2D eigenvalue weighted by molar-refractivity contribution is 0.136. The van der Waals surface area contributed by atoms with Crippen LogP contribution in [0.15, 0.2) is 30.3 Å². The van der Waals surface area contributed by atoms with Crippen LogP contribution in [0.1, 0.15) is 41.1 Å². The van der Waals surface area contributed by atoms with E-state index in [1.54, 1.807) is 18.4 Å². The molecule has 0 spiro atoms. The molecule has 1 unspecified atom stereocenters. The molecule has 1 heterocycles. The molecule has 3 nitrogen and oxygen atoms in total. The van der Waals surface area contributed by atoms with Crippen LogP contribution in [0.4, 0.5) is 0 Å². The topological polar surface area (TPSA) is 34.1 Å². The Morgan fingerprint density at radius 3 is 2.52 bits per heavy atom. The van der Waals surface area contributed by atoms with Crippen molar-refractivity contribution in [2.75, 3.05) is 14.2 Å². The fourth-order valence-electron chi connectivity index (χ4n) is 2.37. The summed E-state index contributed by atoms with van der Waals surface area (Å²) >= 11 is 1.75. The monoisotopic (exact) mass is 304 g/mol.